The summed E-state index contributed by atoms with van der Waals surface area (Å²) in [5, 5.41) is 5.56. The Morgan fingerprint density at radius 2 is 2.27 bits per heavy atom. The van der Waals surface area contributed by atoms with Crippen molar-refractivity contribution in [1.29, 1.82) is 0 Å². The van der Waals surface area contributed by atoms with Crippen molar-refractivity contribution >= 4 is 27.3 Å². The number of hydrogen-bond acceptors (Lipinski definition) is 3. The van der Waals surface area contributed by atoms with Crippen molar-refractivity contribution in [2.45, 2.75) is 25.4 Å². The van der Waals surface area contributed by atoms with Crippen LogP contribution in [0.2, 0.25) is 0 Å². The van der Waals surface area contributed by atoms with Crippen LogP contribution < -0.4 is 5.32 Å². The Bertz CT molecular complexity index is 307. The number of nitrogens with one attached hydrogen (secondary N) is 1. The molecule has 2 rings (SSSR count). The maximum Gasteiger partial charge on any atom is 0.0339 e. The van der Waals surface area contributed by atoms with Crippen molar-refractivity contribution in [2.24, 2.45) is 0 Å². The van der Waals surface area contributed by atoms with Gasteiger partial charge in [0.1, 0.15) is 0 Å². The Labute approximate surface area is 104 Å². The molecule has 0 aromatic carbocycles. The third-order valence-corrected chi connectivity index (χ3v) is 4.93. The maximum atomic E-state index is 3.59. The fourth-order valence-electron chi connectivity index (χ4n) is 2.04. The van der Waals surface area contributed by atoms with Gasteiger partial charge in [-0.05, 0) is 60.4 Å². The van der Waals surface area contributed by atoms with Crippen LogP contribution in [0.1, 0.15) is 17.7 Å². The predicted molar refractivity (Wildman–Crippen MR) is 69.4 cm³/mol. The first kappa shape index (κ1) is 11.6. The summed E-state index contributed by atoms with van der Waals surface area (Å²) >= 11 is 5.43. The molecule has 4 heteroatoms. The predicted octanol–water partition coefficient (Wildman–Crippen LogP) is 2.69. The normalized spacial score (nSPS) is 18.6. The Morgan fingerprint density at radius 1 is 1.53 bits per heavy atom. The molecule has 1 aliphatic rings. The summed E-state index contributed by atoms with van der Waals surface area (Å²) in [4.78, 5) is 3.92. The summed E-state index contributed by atoms with van der Waals surface area (Å²) in [5.41, 5.74) is 0. The average Bonchev–Trinajstić information content (AvgIpc) is 2.66. The fourth-order valence-corrected chi connectivity index (χ4v) is 3.58. The molecule has 2 nitrogen and oxygen atoms in total. The van der Waals surface area contributed by atoms with Gasteiger partial charge in [0.2, 0.25) is 0 Å². The highest BCUT2D eigenvalue weighted by Crippen LogP contribution is 2.25. The van der Waals surface area contributed by atoms with E-state index < -0.39 is 0 Å². The Morgan fingerprint density at radius 3 is 2.87 bits per heavy atom. The van der Waals surface area contributed by atoms with Gasteiger partial charge in [0.05, 0.1) is 0 Å². The minimum Gasteiger partial charge on any atom is -0.317 e. The van der Waals surface area contributed by atoms with Crippen LogP contribution >= 0.6 is 27.3 Å². The summed E-state index contributed by atoms with van der Waals surface area (Å²) in [6.07, 6.45) is 2.55. The quantitative estimate of drug-likeness (QED) is 0.920. The summed E-state index contributed by atoms with van der Waals surface area (Å²) in [7, 11) is 2.24. The lowest BCUT2D eigenvalue weighted by Crippen LogP contribution is -2.40. The van der Waals surface area contributed by atoms with Crippen LogP contribution in [0, 0.1) is 0 Å². The number of thiophene rings is 1. The van der Waals surface area contributed by atoms with Crippen molar-refractivity contribution in [3.8, 4) is 0 Å². The highest BCUT2D eigenvalue weighted by molar-refractivity contribution is 9.10. The van der Waals surface area contributed by atoms with Crippen LogP contribution in [0.5, 0.6) is 0 Å². The van der Waals surface area contributed by atoms with Crippen molar-refractivity contribution in [2.75, 3.05) is 20.1 Å². The number of piperidine rings is 1. The van der Waals surface area contributed by atoms with E-state index in [2.05, 4.69) is 44.6 Å². The molecular weight excluding hydrogens is 272 g/mol. The number of hydrogen-bond donors (Lipinski definition) is 1. The molecule has 0 saturated carbocycles. The van der Waals surface area contributed by atoms with Gasteiger partial charge in [0, 0.05) is 21.9 Å². The standard InChI is InChI=1S/C11H17BrN2S/c1-14(9-2-5-13-6-3-9)8-11-10(12)4-7-15-11/h4,7,9,13H,2-3,5-6,8H2,1H3. The molecule has 0 bridgehead atoms. The minimum absolute atomic E-state index is 0.750. The van der Waals surface area contributed by atoms with Gasteiger partial charge >= 0.3 is 0 Å². The van der Waals surface area contributed by atoms with Gasteiger partial charge in [-0.1, -0.05) is 0 Å². The van der Waals surface area contributed by atoms with E-state index in [4.69, 9.17) is 0 Å². The first-order chi connectivity index (χ1) is 7.27. The molecule has 1 saturated heterocycles. The lowest BCUT2D eigenvalue weighted by atomic mass is 10.1. The monoisotopic (exact) mass is 288 g/mol. The Hall–Kier alpha value is 0.1000. The first-order valence-electron chi connectivity index (χ1n) is 5.40. The van der Waals surface area contributed by atoms with E-state index in [0.717, 1.165) is 12.6 Å². The first-order valence-corrected chi connectivity index (χ1v) is 7.07. The van der Waals surface area contributed by atoms with E-state index in [1.165, 1.54) is 35.3 Å². The number of halogens is 1. The van der Waals surface area contributed by atoms with Crippen LogP contribution in [-0.4, -0.2) is 31.1 Å². The van der Waals surface area contributed by atoms with Crippen molar-refractivity contribution in [3.05, 3.63) is 20.8 Å². The zero-order chi connectivity index (χ0) is 10.7. The van der Waals surface area contributed by atoms with Crippen LogP contribution in [-0.2, 0) is 6.54 Å². The van der Waals surface area contributed by atoms with Crippen LogP contribution in [0.3, 0.4) is 0 Å². The molecule has 0 amide bonds. The van der Waals surface area contributed by atoms with Gasteiger partial charge in [-0.3, -0.25) is 4.90 Å². The van der Waals surface area contributed by atoms with E-state index in [9.17, 15) is 0 Å². The largest absolute Gasteiger partial charge is 0.317 e. The topological polar surface area (TPSA) is 15.3 Å². The average molecular weight is 289 g/mol. The summed E-state index contributed by atoms with van der Waals surface area (Å²) in [6.45, 7) is 3.41. The third-order valence-electron chi connectivity index (χ3n) is 3.02. The Kier molecular flexibility index (Phi) is 4.20. The number of nitrogens with zero attached hydrogens (tertiary/aromatic N) is 1. The van der Waals surface area contributed by atoms with Gasteiger partial charge < -0.3 is 5.32 Å². The highest BCUT2D eigenvalue weighted by Gasteiger charge is 2.18. The SMILES string of the molecule is CN(Cc1sccc1Br)C1CCNCC1. The molecule has 0 unspecified atom stereocenters. The van der Waals surface area contributed by atoms with Gasteiger partial charge in [-0.25, -0.2) is 0 Å². The van der Waals surface area contributed by atoms with Gasteiger partial charge in [0.25, 0.3) is 0 Å². The van der Waals surface area contributed by atoms with Crippen molar-refractivity contribution in [1.82, 2.24) is 10.2 Å². The molecule has 1 fully saturated rings. The molecule has 84 valence electrons. The highest BCUT2D eigenvalue weighted by atomic mass is 79.9. The molecule has 1 N–H and O–H groups in total. The molecule has 1 aromatic rings. The van der Waals surface area contributed by atoms with Gasteiger partial charge in [0.15, 0.2) is 0 Å². The molecule has 0 radical (unpaired) electrons. The minimum atomic E-state index is 0.750. The van der Waals surface area contributed by atoms with Gasteiger partial charge in [-0.15, -0.1) is 11.3 Å². The second-order valence-corrected chi connectivity index (χ2v) is 5.94. The van der Waals surface area contributed by atoms with Crippen molar-refractivity contribution < 1.29 is 0 Å². The maximum absolute atomic E-state index is 3.59. The third kappa shape index (κ3) is 3.03. The molecule has 1 aromatic heterocycles. The van der Waals surface area contributed by atoms with E-state index in [1.807, 2.05) is 11.3 Å². The van der Waals surface area contributed by atoms with Crippen LogP contribution in [0.4, 0.5) is 0 Å². The van der Waals surface area contributed by atoms with Gasteiger partial charge in [-0.2, -0.15) is 0 Å². The second-order valence-electron chi connectivity index (χ2n) is 4.09. The summed E-state index contributed by atoms with van der Waals surface area (Å²) in [5.74, 6) is 0. The molecule has 1 aliphatic heterocycles. The zero-order valence-electron chi connectivity index (χ0n) is 9.00. The molecule has 2 heterocycles. The molecule has 0 aliphatic carbocycles. The molecule has 0 atom stereocenters. The van der Waals surface area contributed by atoms with Crippen LogP contribution in [0.25, 0.3) is 0 Å². The smallest absolute Gasteiger partial charge is 0.0339 e. The van der Waals surface area contributed by atoms with E-state index in [-0.39, 0.29) is 0 Å². The summed E-state index contributed by atoms with van der Waals surface area (Å²) < 4.78 is 1.26. The lowest BCUT2D eigenvalue weighted by molar-refractivity contribution is 0.193. The van der Waals surface area contributed by atoms with Crippen molar-refractivity contribution in [3.63, 3.8) is 0 Å². The fraction of sp³-hybridized carbons (Fsp3) is 0.636. The van der Waals surface area contributed by atoms with E-state index in [1.54, 1.807) is 0 Å². The number of rotatable bonds is 3. The Balaban J connectivity index is 1.91. The lowest BCUT2D eigenvalue weighted by Gasteiger charge is -2.31. The van der Waals surface area contributed by atoms with Crippen LogP contribution in [0.15, 0.2) is 15.9 Å². The van der Waals surface area contributed by atoms with E-state index in [0.29, 0.717) is 0 Å². The zero-order valence-corrected chi connectivity index (χ0v) is 11.4. The molecule has 0 spiro atoms. The molecular formula is C11H17BrN2S. The summed E-state index contributed by atoms with van der Waals surface area (Å²) in [6, 6.07) is 2.89. The van der Waals surface area contributed by atoms with E-state index >= 15 is 0 Å². The molecule has 15 heavy (non-hydrogen) atoms. The second kappa shape index (κ2) is 5.43.